The van der Waals surface area contributed by atoms with Crippen molar-refractivity contribution >= 4 is 22.9 Å². The van der Waals surface area contributed by atoms with Gasteiger partial charge in [0.25, 0.3) is 5.19 Å². The van der Waals surface area contributed by atoms with Crippen molar-refractivity contribution in [1.29, 1.82) is 5.26 Å². The molecule has 0 amide bonds. The number of hydrogen-bond acceptors (Lipinski definition) is 6. The summed E-state index contributed by atoms with van der Waals surface area (Å²) in [6.45, 7) is 0. The van der Waals surface area contributed by atoms with Crippen LogP contribution < -0.4 is 4.74 Å². The standard InChI is InChI=1S/C7H4ClN5OS/c1-13-3-10-6(12-13)14-7-11-5(8)4(2-9)15-7/h3H,1H3. The van der Waals surface area contributed by atoms with Crippen LogP contribution >= 0.6 is 22.9 Å². The Balaban J connectivity index is 2.22. The van der Waals surface area contributed by atoms with Crippen molar-refractivity contribution < 1.29 is 4.74 Å². The summed E-state index contributed by atoms with van der Waals surface area (Å²) >= 11 is 6.72. The molecule has 0 aliphatic heterocycles. The van der Waals surface area contributed by atoms with Gasteiger partial charge in [-0.05, 0) is 0 Å². The molecule has 0 bridgehead atoms. The smallest absolute Gasteiger partial charge is 0.342 e. The Morgan fingerprint density at radius 3 is 3.00 bits per heavy atom. The van der Waals surface area contributed by atoms with Crippen molar-refractivity contribution in [3.63, 3.8) is 0 Å². The summed E-state index contributed by atoms with van der Waals surface area (Å²) in [6, 6.07) is 2.08. The van der Waals surface area contributed by atoms with Crippen LogP contribution in [-0.4, -0.2) is 19.7 Å². The van der Waals surface area contributed by atoms with Crippen molar-refractivity contribution in [1.82, 2.24) is 19.7 Å². The summed E-state index contributed by atoms with van der Waals surface area (Å²) < 4.78 is 6.69. The highest BCUT2D eigenvalue weighted by atomic mass is 35.5. The number of hydrogen-bond donors (Lipinski definition) is 0. The summed E-state index contributed by atoms with van der Waals surface area (Å²) in [4.78, 5) is 7.99. The number of nitriles is 1. The monoisotopic (exact) mass is 241 g/mol. The third kappa shape index (κ3) is 2.06. The topological polar surface area (TPSA) is 76.6 Å². The van der Waals surface area contributed by atoms with Gasteiger partial charge in [-0.1, -0.05) is 22.9 Å². The fourth-order valence-electron chi connectivity index (χ4n) is 0.840. The van der Waals surface area contributed by atoms with Crippen LogP contribution in [0.3, 0.4) is 0 Å². The van der Waals surface area contributed by atoms with Crippen LogP contribution in [0.25, 0.3) is 0 Å². The Morgan fingerprint density at radius 1 is 1.67 bits per heavy atom. The first-order valence-electron chi connectivity index (χ1n) is 3.79. The average Bonchev–Trinajstić information content (AvgIpc) is 2.73. The van der Waals surface area contributed by atoms with E-state index in [1.807, 2.05) is 6.07 Å². The summed E-state index contributed by atoms with van der Waals surface area (Å²) in [6.07, 6.45) is 1.50. The van der Waals surface area contributed by atoms with Gasteiger partial charge >= 0.3 is 6.01 Å². The van der Waals surface area contributed by atoms with Gasteiger partial charge in [0.2, 0.25) is 0 Å². The van der Waals surface area contributed by atoms with Crippen molar-refractivity contribution in [2.75, 3.05) is 0 Å². The number of ether oxygens (including phenoxy) is 1. The first-order valence-corrected chi connectivity index (χ1v) is 4.98. The van der Waals surface area contributed by atoms with Gasteiger partial charge in [-0.15, -0.1) is 5.10 Å². The van der Waals surface area contributed by atoms with E-state index in [2.05, 4.69) is 15.1 Å². The van der Waals surface area contributed by atoms with Gasteiger partial charge in [-0.25, -0.2) is 0 Å². The van der Waals surface area contributed by atoms with Crippen molar-refractivity contribution in [2.24, 2.45) is 7.05 Å². The number of rotatable bonds is 2. The SMILES string of the molecule is Cn1cnc(Oc2nc(Cl)c(C#N)s2)n1. The minimum absolute atomic E-state index is 0.133. The van der Waals surface area contributed by atoms with Crippen LogP contribution in [0.1, 0.15) is 4.88 Å². The highest BCUT2D eigenvalue weighted by molar-refractivity contribution is 7.14. The van der Waals surface area contributed by atoms with Gasteiger partial charge < -0.3 is 4.74 Å². The minimum atomic E-state index is 0.133. The lowest BCUT2D eigenvalue weighted by atomic mass is 10.6. The van der Waals surface area contributed by atoms with Gasteiger partial charge in [-0.3, -0.25) is 4.68 Å². The van der Waals surface area contributed by atoms with E-state index in [1.165, 1.54) is 11.0 Å². The maximum atomic E-state index is 8.65. The normalized spacial score (nSPS) is 9.93. The third-order valence-corrected chi connectivity index (χ3v) is 2.65. The van der Waals surface area contributed by atoms with Crippen LogP contribution in [0.2, 0.25) is 5.15 Å². The number of aryl methyl sites for hydroxylation is 1. The maximum absolute atomic E-state index is 8.65. The summed E-state index contributed by atoms with van der Waals surface area (Å²) in [5, 5.41) is 12.9. The Labute approximate surface area is 93.7 Å². The first-order chi connectivity index (χ1) is 7.19. The first kappa shape index (κ1) is 9.89. The predicted molar refractivity (Wildman–Crippen MR) is 52.9 cm³/mol. The van der Waals surface area contributed by atoms with E-state index >= 15 is 0 Å². The van der Waals surface area contributed by atoms with E-state index in [4.69, 9.17) is 21.6 Å². The molecule has 0 unspecified atom stereocenters. The van der Waals surface area contributed by atoms with E-state index in [0.29, 0.717) is 4.88 Å². The molecule has 8 heteroatoms. The summed E-state index contributed by atoms with van der Waals surface area (Å²) in [7, 11) is 1.72. The van der Waals surface area contributed by atoms with E-state index < -0.39 is 0 Å². The fourth-order valence-corrected chi connectivity index (χ4v) is 1.73. The number of thiazole rings is 1. The quantitative estimate of drug-likeness (QED) is 0.798. The van der Waals surface area contributed by atoms with Crippen LogP contribution in [-0.2, 0) is 7.05 Å². The lowest BCUT2D eigenvalue weighted by Gasteiger charge is -1.91. The van der Waals surface area contributed by atoms with Gasteiger partial charge in [-0.2, -0.15) is 15.2 Å². The number of halogens is 1. The molecule has 0 fully saturated rings. The molecule has 0 spiro atoms. The lowest BCUT2D eigenvalue weighted by Crippen LogP contribution is -1.89. The molecule has 6 nitrogen and oxygen atoms in total. The lowest BCUT2D eigenvalue weighted by molar-refractivity contribution is 0.436. The average molecular weight is 242 g/mol. The van der Waals surface area contributed by atoms with Crippen molar-refractivity contribution in [3.8, 4) is 17.3 Å². The second-order valence-corrected chi connectivity index (χ2v) is 3.83. The van der Waals surface area contributed by atoms with E-state index in [9.17, 15) is 0 Å². The molecule has 0 aliphatic rings. The predicted octanol–water partition coefficient (Wildman–Crippen LogP) is 1.59. The van der Waals surface area contributed by atoms with Crippen LogP contribution in [0.4, 0.5) is 0 Å². The molecule has 0 radical (unpaired) electrons. The van der Waals surface area contributed by atoms with Gasteiger partial charge in [0.1, 0.15) is 17.3 Å². The summed E-state index contributed by atoms with van der Waals surface area (Å²) in [5.41, 5.74) is 0. The van der Waals surface area contributed by atoms with Crippen LogP contribution in [0, 0.1) is 11.3 Å². The zero-order valence-corrected chi connectivity index (χ0v) is 9.08. The molecule has 2 heterocycles. The molecule has 0 N–H and O–H groups in total. The molecule has 15 heavy (non-hydrogen) atoms. The molecular formula is C7H4ClN5OS. The Hall–Kier alpha value is -1.65. The highest BCUT2D eigenvalue weighted by Crippen LogP contribution is 2.29. The second-order valence-electron chi connectivity index (χ2n) is 2.51. The van der Waals surface area contributed by atoms with Crippen molar-refractivity contribution in [2.45, 2.75) is 0 Å². The Morgan fingerprint density at radius 2 is 2.47 bits per heavy atom. The minimum Gasteiger partial charge on any atom is -0.394 e. The molecule has 2 rings (SSSR count). The molecular weight excluding hydrogens is 238 g/mol. The zero-order chi connectivity index (χ0) is 10.8. The molecule has 0 saturated carbocycles. The molecule has 0 aliphatic carbocycles. The Kier molecular flexibility index (Phi) is 2.53. The van der Waals surface area contributed by atoms with E-state index in [-0.39, 0.29) is 16.4 Å². The third-order valence-electron chi connectivity index (χ3n) is 1.42. The molecule has 2 aromatic heterocycles. The highest BCUT2D eigenvalue weighted by Gasteiger charge is 2.11. The zero-order valence-electron chi connectivity index (χ0n) is 7.51. The molecule has 0 atom stereocenters. The molecule has 0 saturated heterocycles. The number of nitrogens with zero attached hydrogens (tertiary/aromatic N) is 5. The number of aromatic nitrogens is 4. The van der Waals surface area contributed by atoms with E-state index in [1.54, 1.807) is 7.05 Å². The second kappa shape index (κ2) is 3.84. The van der Waals surface area contributed by atoms with Gasteiger partial charge in [0.05, 0.1) is 0 Å². The maximum Gasteiger partial charge on any atom is 0.342 e. The molecule has 0 aromatic carbocycles. The summed E-state index contributed by atoms with van der Waals surface area (Å²) in [5.74, 6) is 0. The van der Waals surface area contributed by atoms with Crippen molar-refractivity contribution in [3.05, 3.63) is 16.4 Å². The largest absolute Gasteiger partial charge is 0.394 e. The Bertz CT molecular complexity index is 528. The molecule has 76 valence electrons. The van der Waals surface area contributed by atoms with Crippen LogP contribution in [0.5, 0.6) is 11.2 Å². The fraction of sp³-hybridized carbons (Fsp3) is 0.143. The van der Waals surface area contributed by atoms with Gasteiger partial charge in [0.15, 0.2) is 5.15 Å². The van der Waals surface area contributed by atoms with Crippen LogP contribution in [0.15, 0.2) is 6.33 Å². The van der Waals surface area contributed by atoms with E-state index in [0.717, 1.165) is 11.3 Å². The van der Waals surface area contributed by atoms with Gasteiger partial charge in [0, 0.05) is 7.05 Å². The molecule has 2 aromatic rings.